The molecule has 0 atom stereocenters. The van der Waals surface area contributed by atoms with Crippen LogP contribution in [0.15, 0.2) is 39.6 Å². The van der Waals surface area contributed by atoms with Gasteiger partial charge in [0, 0.05) is 23.5 Å². The summed E-state index contributed by atoms with van der Waals surface area (Å²) in [6, 6.07) is 7.32. The zero-order valence-corrected chi connectivity index (χ0v) is 15.0. The van der Waals surface area contributed by atoms with E-state index < -0.39 is 11.5 Å². The van der Waals surface area contributed by atoms with Crippen LogP contribution in [0.5, 0.6) is 0 Å². The predicted molar refractivity (Wildman–Crippen MR) is 97.5 cm³/mol. The van der Waals surface area contributed by atoms with Crippen LogP contribution in [0.2, 0.25) is 0 Å². The van der Waals surface area contributed by atoms with Gasteiger partial charge in [0.15, 0.2) is 5.82 Å². The molecule has 8 nitrogen and oxygen atoms in total. The minimum absolute atomic E-state index is 0.178. The normalized spacial score (nSPS) is 10.7. The van der Waals surface area contributed by atoms with Crippen molar-refractivity contribution in [3.63, 3.8) is 0 Å². The lowest BCUT2D eigenvalue weighted by Crippen LogP contribution is -2.30. The molecule has 3 aromatic rings. The predicted octanol–water partition coefficient (Wildman–Crippen LogP) is 2.68. The number of amides is 1. The van der Waals surface area contributed by atoms with Gasteiger partial charge in [-0.2, -0.15) is 0 Å². The molecule has 0 unspecified atom stereocenters. The fraction of sp³-hybridized carbons (Fsp3) is 0.222. The molecule has 0 aliphatic heterocycles. The number of anilines is 3. The Morgan fingerprint density at radius 3 is 2.67 bits per heavy atom. The van der Waals surface area contributed by atoms with Gasteiger partial charge in [-0.1, -0.05) is 5.16 Å². The highest BCUT2D eigenvalue weighted by atomic mass is 19.1. The van der Waals surface area contributed by atoms with E-state index in [1.807, 2.05) is 0 Å². The van der Waals surface area contributed by atoms with Gasteiger partial charge in [-0.15, -0.1) is 0 Å². The first kappa shape index (κ1) is 18.3. The van der Waals surface area contributed by atoms with Crippen LogP contribution < -0.4 is 16.2 Å². The number of hydrogen-bond donors (Lipinski definition) is 2. The summed E-state index contributed by atoms with van der Waals surface area (Å²) in [5.74, 6) is 0.187. The molecule has 2 heterocycles. The summed E-state index contributed by atoms with van der Waals surface area (Å²) in [7, 11) is 0. The number of aromatic nitrogens is 3. The van der Waals surface area contributed by atoms with E-state index in [0.29, 0.717) is 22.7 Å². The quantitative estimate of drug-likeness (QED) is 0.715. The first-order valence-electron chi connectivity index (χ1n) is 8.16. The highest BCUT2D eigenvalue weighted by molar-refractivity contribution is 5.89. The summed E-state index contributed by atoms with van der Waals surface area (Å²) >= 11 is 0. The van der Waals surface area contributed by atoms with E-state index in [4.69, 9.17) is 4.52 Å². The molecular weight excluding hydrogens is 353 g/mol. The van der Waals surface area contributed by atoms with E-state index in [9.17, 15) is 14.0 Å². The van der Waals surface area contributed by atoms with E-state index in [1.54, 1.807) is 32.9 Å². The third kappa shape index (κ3) is 4.38. The second kappa shape index (κ2) is 7.40. The first-order chi connectivity index (χ1) is 12.8. The Hall–Kier alpha value is -3.49. The van der Waals surface area contributed by atoms with E-state index in [2.05, 4.69) is 20.8 Å². The lowest BCUT2D eigenvalue weighted by molar-refractivity contribution is -0.116. The van der Waals surface area contributed by atoms with Crippen molar-refractivity contribution in [2.75, 3.05) is 10.6 Å². The Morgan fingerprint density at radius 1 is 1.22 bits per heavy atom. The van der Waals surface area contributed by atoms with Crippen molar-refractivity contribution in [2.24, 2.45) is 0 Å². The third-order valence-electron chi connectivity index (χ3n) is 3.75. The van der Waals surface area contributed by atoms with Crippen LogP contribution in [0.25, 0.3) is 0 Å². The van der Waals surface area contributed by atoms with Crippen LogP contribution in [0, 0.1) is 26.6 Å². The van der Waals surface area contributed by atoms with Crippen LogP contribution >= 0.6 is 0 Å². The Balaban J connectivity index is 1.86. The minimum atomic E-state index is -0.464. The molecular formula is C18H18FN5O3. The Kier molecular flexibility index (Phi) is 5.02. The third-order valence-corrected chi connectivity index (χ3v) is 3.75. The van der Waals surface area contributed by atoms with Crippen LogP contribution in [-0.2, 0) is 11.3 Å². The van der Waals surface area contributed by atoms with Gasteiger partial charge < -0.3 is 15.2 Å². The lowest BCUT2D eigenvalue weighted by atomic mass is 10.2. The maximum Gasteiger partial charge on any atom is 0.255 e. The van der Waals surface area contributed by atoms with Gasteiger partial charge in [-0.05, 0) is 44.5 Å². The van der Waals surface area contributed by atoms with Crippen molar-refractivity contribution in [3.8, 4) is 0 Å². The van der Waals surface area contributed by atoms with Crippen molar-refractivity contribution >= 4 is 23.4 Å². The molecule has 1 aromatic carbocycles. The average Bonchev–Trinajstić information content (AvgIpc) is 2.99. The molecule has 3 rings (SSSR count). The summed E-state index contributed by atoms with van der Waals surface area (Å²) in [6.45, 7) is 4.72. The van der Waals surface area contributed by atoms with E-state index in [-0.39, 0.29) is 24.1 Å². The van der Waals surface area contributed by atoms with Crippen molar-refractivity contribution in [1.29, 1.82) is 0 Å². The number of carbonyl (C=O) groups is 1. The van der Waals surface area contributed by atoms with Gasteiger partial charge in [0.05, 0.1) is 0 Å². The molecule has 140 valence electrons. The summed E-state index contributed by atoms with van der Waals surface area (Å²) < 4.78 is 19.5. The van der Waals surface area contributed by atoms with Gasteiger partial charge in [0.2, 0.25) is 11.9 Å². The van der Waals surface area contributed by atoms with Gasteiger partial charge in [-0.3, -0.25) is 14.2 Å². The molecule has 27 heavy (non-hydrogen) atoms. The standard InChI is InChI=1S/C18H18FN5O3/c1-10-6-13(4-5-14(10)19)21-18-20-11(2)7-17(26)24(18)9-16(25)22-15-8-12(3)27-23-15/h4-8H,9H2,1-3H3,(H,20,21)(H,22,23,25). The maximum absolute atomic E-state index is 13.5. The number of nitrogens with zero attached hydrogens (tertiary/aromatic N) is 3. The molecule has 1 amide bonds. The molecule has 2 aromatic heterocycles. The van der Waals surface area contributed by atoms with Gasteiger partial charge in [-0.25, -0.2) is 9.37 Å². The molecule has 0 aliphatic rings. The smallest absolute Gasteiger partial charge is 0.255 e. The van der Waals surface area contributed by atoms with Crippen LogP contribution in [0.1, 0.15) is 17.0 Å². The zero-order chi connectivity index (χ0) is 19.6. The zero-order valence-electron chi connectivity index (χ0n) is 15.0. The van der Waals surface area contributed by atoms with E-state index in [1.165, 1.54) is 22.8 Å². The van der Waals surface area contributed by atoms with Crippen LogP contribution in [0.3, 0.4) is 0 Å². The van der Waals surface area contributed by atoms with Gasteiger partial charge in [0.1, 0.15) is 18.1 Å². The summed E-state index contributed by atoms with van der Waals surface area (Å²) in [5, 5.41) is 9.20. The number of nitrogens with one attached hydrogen (secondary N) is 2. The van der Waals surface area contributed by atoms with Crippen molar-refractivity contribution in [3.05, 3.63) is 63.5 Å². The molecule has 2 N–H and O–H groups in total. The highest BCUT2D eigenvalue weighted by Crippen LogP contribution is 2.18. The Morgan fingerprint density at radius 2 is 2.00 bits per heavy atom. The molecule has 9 heteroatoms. The topological polar surface area (TPSA) is 102 Å². The number of hydrogen-bond acceptors (Lipinski definition) is 6. The Labute approximate surface area is 154 Å². The maximum atomic E-state index is 13.5. The number of benzene rings is 1. The van der Waals surface area contributed by atoms with Gasteiger partial charge in [0.25, 0.3) is 5.56 Å². The Bertz CT molecular complexity index is 1060. The second-order valence-electron chi connectivity index (χ2n) is 6.11. The summed E-state index contributed by atoms with van der Waals surface area (Å²) in [5.41, 5.74) is 1.09. The second-order valence-corrected chi connectivity index (χ2v) is 6.11. The molecule has 0 fully saturated rings. The number of rotatable bonds is 5. The average molecular weight is 371 g/mol. The molecule has 0 radical (unpaired) electrons. The largest absolute Gasteiger partial charge is 0.360 e. The fourth-order valence-corrected chi connectivity index (χ4v) is 2.47. The monoisotopic (exact) mass is 371 g/mol. The number of halogens is 1. The molecule has 0 saturated carbocycles. The van der Waals surface area contributed by atoms with Crippen molar-refractivity contribution in [1.82, 2.24) is 14.7 Å². The summed E-state index contributed by atoms with van der Waals surface area (Å²) in [6.07, 6.45) is 0. The summed E-state index contributed by atoms with van der Waals surface area (Å²) in [4.78, 5) is 28.9. The first-order valence-corrected chi connectivity index (χ1v) is 8.16. The van der Waals surface area contributed by atoms with Gasteiger partial charge >= 0.3 is 0 Å². The molecule has 0 spiro atoms. The number of carbonyl (C=O) groups excluding carboxylic acids is 1. The van der Waals surface area contributed by atoms with Crippen molar-refractivity contribution in [2.45, 2.75) is 27.3 Å². The van der Waals surface area contributed by atoms with E-state index >= 15 is 0 Å². The van der Waals surface area contributed by atoms with Crippen LogP contribution in [-0.4, -0.2) is 20.6 Å². The molecule has 0 aliphatic carbocycles. The van der Waals surface area contributed by atoms with Crippen molar-refractivity contribution < 1.29 is 13.7 Å². The molecule has 0 saturated heterocycles. The molecule has 0 bridgehead atoms. The van der Waals surface area contributed by atoms with Crippen LogP contribution in [0.4, 0.5) is 21.8 Å². The lowest BCUT2D eigenvalue weighted by Gasteiger charge is -2.14. The highest BCUT2D eigenvalue weighted by Gasteiger charge is 2.13. The SMILES string of the molecule is Cc1cc(=O)n(CC(=O)Nc2cc(C)on2)c(Nc2ccc(F)c(C)c2)n1. The minimum Gasteiger partial charge on any atom is -0.360 e. The fourth-order valence-electron chi connectivity index (χ4n) is 2.47. The van der Waals surface area contributed by atoms with E-state index in [0.717, 1.165) is 0 Å². The number of aryl methyl sites for hydroxylation is 3.